The van der Waals surface area contributed by atoms with Crippen molar-refractivity contribution in [3.8, 4) is 0 Å². The first-order valence-electron chi connectivity index (χ1n) is 7.74. The molecule has 2 N–H and O–H groups in total. The van der Waals surface area contributed by atoms with Gasteiger partial charge in [0.25, 0.3) is 0 Å². The molecule has 1 aromatic heterocycles. The van der Waals surface area contributed by atoms with Gasteiger partial charge < -0.3 is 10.5 Å². The fourth-order valence-electron chi connectivity index (χ4n) is 2.96. The van der Waals surface area contributed by atoms with Gasteiger partial charge in [0, 0.05) is 18.0 Å². The van der Waals surface area contributed by atoms with E-state index in [1.807, 2.05) is 6.92 Å². The molecular formula is C16H27N3O. The zero-order valence-corrected chi connectivity index (χ0v) is 13.1. The molecule has 4 heteroatoms. The summed E-state index contributed by atoms with van der Waals surface area (Å²) in [4.78, 5) is 9.52. The summed E-state index contributed by atoms with van der Waals surface area (Å²) in [5, 5.41) is 0. The molecule has 0 bridgehead atoms. The van der Waals surface area contributed by atoms with Crippen LogP contribution >= 0.6 is 0 Å². The van der Waals surface area contributed by atoms with Gasteiger partial charge in [-0.2, -0.15) is 0 Å². The minimum absolute atomic E-state index is 0.00349. The molecule has 0 spiro atoms. The van der Waals surface area contributed by atoms with Gasteiger partial charge in [-0.25, -0.2) is 9.97 Å². The van der Waals surface area contributed by atoms with Crippen LogP contribution in [0.15, 0.2) is 0 Å². The first kappa shape index (κ1) is 15.4. The molecule has 112 valence electrons. The highest BCUT2D eigenvalue weighted by atomic mass is 16.5. The summed E-state index contributed by atoms with van der Waals surface area (Å²) in [7, 11) is 0. The van der Waals surface area contributed by atoms with Crippen molar-refractivity contribution < 1.29 is 4.74 Å². The van der Waals surface area contributed by atoms with E-state index >= 15 is 0 Å². The number of nitrogens with zero attached hydrogens (tertiary/aromatic N) is 2. The van der Waals surface area contributed by atoms with Crippen LogP contribution in [0.5, 0.6) is 0 Å². The number of aromatic nitrogens is 2. The van der Waals surface area contributed by atoms with E-state index in [1.165, 1.54) is 11.3 Å². The van der Waals surface area contributed by atoms with E-state index in [-0.39, 0.29) is 6.10 Å². The van der Waals surface area contributed by atoms with E-state index in [4.69, 9.17) is 20.4 Å². The van der Waals surface area contributed by atoms with E-state index in [9.17, 15) is 0 Å². The molecule has 0 aliphatic heterocycles. The lowest BCUT2D eigenvalue weighted by atomic mass is 9.86. The van der Waals surface area contributed by atoms with Crippen molar-refractivity contribution in [3.63, 3.8) is 0 Å². The fourth-order valence-corrected chi connectivity index (χ4v) is 2.96. The normalized spacial score (nSPS) is 20.0. The van der Waals surface area contributed by atoms with Gasteiger partial charge in [-0.1, -0.05) is 13.8 Å². The zero-order chi connectivity index (χ0) is 14.7. The Kier molecular flexibility index (Phi) is 5.11. The number of ether oxygens (including phenoxy) is 1. The molecule has 2 rings (SSSR count). The number of hydrogen-bond donors (Lipinski definition) is 1. The second-order valence-corrected chi connectivity index (χ2v) is 6.06. The zero-order valence-electron chi connectivity index (χ0n) is 13.1. The maximum Gasteiger partial charge on any atom is 0.157 e. The highest BCUT2D eigenvalue weighted by Gasteiger charge is 2.25. The van der Waals surface area contributed by atoms with Crippen LogP contribution in [0.25, 0.3) is 0 Å². The van der Waals surface area contributed by atoms with Crippen molar-refractivity contribution in [1.29, 1.82) is 0 Å². The third kappa shape index (κ3) is 3.18. The Labute approximate surface area is 122 Å². The van der Waals surface area contributed by atoms with Crippen LogP contribution in [0.1, 0.15) is 56.1 Å². The van der Waals surface area contributed by atoms with Gasteiger partial charge in [-0.15, -0.1) is 0 Å². The maximum atomic E-state index is 5.83. The number of nitrogens with two attached hydrogens (primary N) is 1. The molecule has 1 aliphatic rings. The second-order valence-electron chi connectivity index (χ2n) is 6.06. The third-order valence-corrected chi connectivity index (χ3v) is 4.14. The Morgan fingerprint density at radius 1 is 1.35 bits per heavy atom. The van der Waals surface area contributed by atoms with Crippen LogP contribution in [0, 0.1) is 18.8 Å². The molecule has 0 radical (unpaired) electrons. The number of hydrogen-bond acceptors (Lipinski definition) is 4. The molecule has 0 saturated heterocycles. The minimum Gasteiger partial charge on any atom is -0.370 e. The van der Waals surface area contributed by atoms with Gasteiger partial charge in [-0.05, 0) is 57.1 Å². The van der Waals surface area contributed by atoms with Gasteiger partial charge in [-0.3, -0.25) is 0 Å². The van der Waals surface area contributed by atoms with Crippen molar-refractivity contribution in [1.82, 2.24) is 9.97 Å². The molecule has 0 amide bonds. The highest BCUT2D eigenvalue weighted by Crippen LogP contribution is 2.29. The summed E-state index contributed by atoms with van der Waals surface area (Å²) >= 11 is 0. The Balaban J connectivity index is 2.32. The molecule has 1 aliphatic carbocycles. The lowest BCUT2D eigenvalue weighted by Gasteiger charge is -2.26. The van der Waals surface area contributed by atoms with Crippen LogP contribution in [0.3, 0.4) is 0 Å². The predicted octanol–water partition coefficient (Wildman–Crippen LogP) is 2.58. The van der Waals surface area contributed by atoms with Gasteiger partial charge >= 0.3 is 0 Å². The Hall–Kier alpha value is -1.00. The summed E-state index contributed by atoms with van der Waals surface area (Å²) in [5.41, 5.74) is 9.44. The number of fused-ring (bicyclic) bond motifs is 1. The monoisotopic (exact) mass is 277 g/mol. The molecule has 1 aromatic rings. The standard InChI is InChI=1S/C16H27N3O/c1-5-20-15(10(2)3)16-18-11(4)13-8-12(9-17)6-7-14(13)19-16/h10,12,15H,5-9,17H2,1-4H3. The first-order valence-corrected chi connectivity index (χ1v) is 7.74. The van der Waals surface area contributed by atoms with E-state index in [0.717, 1.165) is 37.3 Å². The Bertz CT molecular complexity index is 459. The molecule has 0 aromatic carbocycles. The molecular weight excluding hydrogens is 250 g/mol. The predicted molar refractivity (Wildman–Crippen MR) is 80.5 cm³/mol. The van der Waals surface area contributed by atoms with Crippen LogP contribution in [-0.4, -0.2) is 23.1 Å². The van der Waals surface area contributed by atoms with Crippen molar-refractivity contribution in [2.75, 3.05) is 13.2 Å². The van der Waals surface area contributed by atoms with E-state index < -0.39 is 0 Å². The van der Waals surface area contributed by atoms with Crippen LogP contribution in [-0.2, 0) is 17.6 Å². The molecule has 0 fully saturated rings. The topological polar surface area (TPSA) is 61.0 Å². The summed E-state index contributed by atoms with van der Waals surface area (Å²) < 4.78 is 5.83. The largest absolute Gasteiger partial charge is 0.370 e. The van der Waals surface area contributed by atoms with E-state index in [2.05, 4.69) is 20.8 Å². The number of aryl methyl sites for hydroxylation is 2. The van der Waals surface area contributed by atoms with Crippen LogP contribution < -0.4 is 5.73 Å². The summed E-state index contributed by atoms with van der Waals surface area (Å²) in [6.45, 7) is 9.87. The van der Waals surface area contributed by atoms with Crippen LogP contribution in [0.4, 0.5) is 0 Å². The fraction of sp³-hybridized carbons (Fsp3) is 0.750. The van der Waals surface area contributed by atoms with Gasteiger partial charge in [0.1, 0.15) is 6.10 Å². The van der Waals surface area contributed by atoms with E-state index in [1.54, 1.807) is 0 Å². The Morgan fingerprint density at radius 3 is 2.70 bits per heavy atom. The van der Waals surface area contributed by atoms with Gasteiger partial charge in [0.05, 0.1) is 0 Å². The summed E-state index contributed by atoms with van der Waals surface area (Å²) in [6, 6.07) is 0. The summed E-state index contributed by atoms with van der Waals surface area (Å²) in [6.07, 6.45) is 3.18. The van der Waals surface area contributed by atoms with Crippen LogP contribution in [0.2, 0.25) is 0 Å². The van der Waals surface area contributed by atoms with Crippen molar-refractivity contribution in [2.24, 2.45) is 17.6 Å². The lowest BCUT2D eigenvalue weighted by Crippen LogP contribution is -2.25. The minimum atomic E-state index is -0.00349. The lowest BCUT2D eigenvalue weighted by molar-refractivity contribution is 0.0228. The average molecular weight is 277 g/mol. The smallest absolute Gasteiger partial charge is 0.157 e. The molecule has 4 nitrogen and oxygen atoms in total. The first-order chi connectivity index (χ1) is 9.56. The SMILES string of the molecule is CCOC(c1nc(C)c2c(n1)CCC(CN)C2)C(C)C. The number of rotatable bonds is 5. The van der Waals surface area contributed by atoms with E-state index in [0.29, 0.717) is 18.4 Å². The van der Waals surface area contributed by atoms with Crippen molar-refractivity contribution >= 4 is 0 Å². The van der Waals surface area contributed by atoms with Gasteiger partial charge in [0.15, 0.2) is 5.82 Å². The summed E-state index contributed by atoms with van der Waals surface area (Å²) in [5.74, 6) is 1.82. The molecule has 2 unspecified atom stereocenters. The van der Waals surface area contributed by atoms with Crippen molar-refractivity contribution in [2.45, 2.75) is 53.1 Å². The third-order valence-electron chi connectivity index (χ3n) is 4.14. The highest BCUT2D eigenvalue weighted by molar-refractivity contribution is 5.28. The second kappa shape index (κ2) is 6.64. The Morgan fingerprint density at radius 2 is 2.10 bits per heavy atom. The molecule has 20 heavy (non-hydrogen) atoms. The van der Waals surface area contributed by atoms with Crippen molar-refractivity contribution in [3.05, 3.63) is 22.8 Å². The maximum absolute atomic E-state index is 5.83. The quantitative estimate of drug-likeness (QED) is 0.898. The average Bonchev–Trinajstić information content (AvgIpc) is 2.44. The molecule has 0 saturated carbocycles. The molecule has 1 heterocycles. The van der Waals surface area contributed by atoms with Gasteiger partial charge in [0.2, 0.25) is 0 Å². The molecule has 2 atom stereocenters.